The Labute approximate surface area is 125 Å². The minimum Gasteiger partial charge on any atom is -0.320 e. The number of nitrogens with zero attached hydrogens (tertiary/aromatic N) is 1. The lowest BCUT2D eigenvalue weighted by Gasteiger charge is -2.02. The van der Waals surface area contributed by atoms with Crippen molar-refractivity contribution < 1.29 is 4.79 Å². The van der Waals surface area contributed by atoms with Crippen LogP contribution in [0.4, 0.5) is 11.4 Å². The van der Waals surface area contributed by atoms with E-state index >= 15 is 0 Å². The first-order chi connectivity index (χ1) is 9.56. The Kier molecular flexibility index (Phi) is 3.18. The standard InChI is InChI=1S/C16H13BrN2O/c1-9-4-3-5-12-14(9)19-16(20)15(12)18-11-6-7-13(17)10(2)8-11/h3-8H,1-2H3,(H,18,19,20). The third kappa shape index (κ3) is 2.16. The molecule has 0 radical (unpaired) electrons. The zero-order valence-corrected chi connectivity index (χ0v) is 12.8. The number of para-hydroxylation sites is 1. The summed E-state index contributed by atoms with van der Waals surface area (Å²) in [6.07, 6.45) is 0. The van der Waals surface area contributed by atoms with Gasteiger partial charge in [-0.05, 0) is 43.2 Å². The van der Waals surface area contributed by atoms with Crippen LogP contribution in [0.3, 0.4) is 0 Å². The molecule has 2 aromatic rings. The van der Waals surface area contributed by atoms with E-state index < -0.39 is 0 Å². The van der Waals surface area contributed by atoms with Crippen molar-refractivity contribution in [2.24, 2.45) is 4.99 Å². The van der Waals surface area contributed by atoms with Gasteiger partial charge in [-0.15, -0.1) is 0 Å². The number of aliphatic imine (C=N–C) groups is 1. The van der Waals surface area contributed by atoms with Crippen LogP contribution < -0.4 is 5.32 Å². The van der Waals surface area contributed by atoms with Gasteiger partial charge in [0.1, 0.15) is 5.71 Å². The number of rotatable bonds is 1. The van der Waals surface area contributed by atoms with Gasteiger partial charge in [-0.2, -0.15) is 0 Å². The first kappa shape index (κ1) is 13.1. The highest BCUT2D eigenvalue weighted by molar-refractivity contribution is 9.10. The Balaban J connectivity index is 2.11. The molecule has 100 valence electrons. The number of hydrogen-bond donors (Lipinski definition) is 1. The van der Waals surface area contributed by atoms with Crippen LogP contribution in [-0.2, 0) is 4.79 Å². The van der Waals surface area contributed by atoms with Crippen molar-refractivity contribution in [1.82, 2.24) is 0 Å². The van der Waals surface area contributed by atoms with Crippen LogP contribution in [0.15, 0.2) is 45.9 Å². The number of amides is 1. The molecule has 0 fully saturated rings. The van der Waals surface area contributed by atoms with Gasteiger partial charge in [-0.1, -0.05) is 34.1 Å². The quantitative estimate of drug-likeness (QED) is 0.839. The number of nitrogens with one attached hydrogen (secondary N) is 1. The molecule has 4 heteroatoms. The SMILES string of the molecule is Cc1cc(N=C2C(=O)Nc3c(C)cccc32)ccc1Br. The molecule has 3 rings (SSSR count). The van der Waals surface area contributed by atoms with E-state index in [1.54, 1.807) is 0 Å². The lowest BCUT2D eigenvalue weighted by Crippen LogP contribution is -2.14. The zero-order chi connectivity index (χ0) is 14.3. The number of anilines is 1. The van der Waals surface area contributed by atoms with Crippen LogP contribution in [0.1, 0.15) is 16.7 Å². The Morgan fingerprint density at radius 2 is 1.90 bits per heavy atom. The molecule has 0 spiro atoms. The summed E-state index contributed by atoms with van der Waals surface area (Å²) in [6.45, 7) is 3.98. The maximum absolute atomic E-state index is 12.1. The first-order valence-corrected chi connectivity index (χ1v) is 7.12. The molecule has 1 aliphatic rings. The summed E-state index contributed by atoms with van der Waals surface area (Å²) in [6, 6.07) is 11.6. The summed E-state index contributed by atoms with van der Waals surface area (Å²) >= 11 is 3.46. The van der Waals surface area contributed by atoms with Gasteiger partial charge >= 0.3 is 0 Å². The third-order valence-electron chi connectivity index (χ3n) is 3.36. The minimum absolute atomic E-state index is 0.144. The largest absolute Gasteiger partial charge is 0.320 e. The number of halogens is 1. The normalized spacial score (nSPS) is 15.3. The van der Waals surface area contributed by atoms with Crippen molar-refractivity contribution in [3.05, 3.63) is 57.6 Å². The first-order valence-electron chi connectivity index (χ1n) is 6.32. The summed E-state index contributed by atoms with van der Waals surface area (Å²) in [5, 5.41) is 2.88. The molecule has 20 heavy (non-hydrogen) atoms. The monoisotopic (exact) mass is 328 g/mol. The number of benzene rings is 2. The fourth-order valence-corrected chi connectivity index (χ4v) is 2.51. The van der Waals surface area contributed by atoms with Crippen LogP contribution in [0.5, 0.6) is 0 Å². The van der Waals surface area contributed by atoms with Crippen molar-refractivity contribution in [1.29, 1.82) is 0 Å². The average Bonchev–Trinajstić information content (AvgIpc) is 2.73. The van der Waals surface area contributed by atoms with E-state index in [9.17, 15) is 4.79 Å². The Bertz CT molecular complexity index is 750. The van der Waals surface area contributed by atoms with Crippen LogP contribution in [-0.4, -0.2) is 11.6 Å². The molecule has 0 bridgehead atoms. The number of carbonyl (C=O) groups is 1. The van der Waals surface area contributed by atoms with Gasteiger partial charge in [0.25, 0.3) is 5.91 Å². The Morgan fingerprint density at radius 3 is 2.65 bits per heavy atom. The van der Waals surface area contributed by atoms with Gasteiger partial charge < -0.3 is 5.32 Å². The summed E-state index contributed by atoms with van der Waals surface area (Å²) in [5.74, 6) is -0.144. The van der Waals surface area contributed by atoms with Crippen molar-refractivity contribution in [3.8, 4) is 0 Å². The molecule has 2 aromatic carbocycles. The van der Waals surface area contributed by atoms with E-state index in [0.29, 0.717) is 5.71 Å². The van der Waals surface area contributed by atoms with Gasteiger partial charge in [0, 0.05) is 10.0 Å². The maximum Gasteiger partial charge on any atom is 0.275 e. The molecule has 0 saturated carbocycles. The second-order valence-electron chi connectivity index (χ2n) is 4.85. The molecule has 0 saturated heterocycles. The van der Waals surface area contributed by atoms with Crippen LogP contribution >= 0.6 is 15.9 Å². The van der Waals surface area contributed by atoms with E-state index in [0.717, 1.165) is 32.5 Å². The summed E-state index contributed by atoms with van der Waals surface area (Å²) in [4.78, 5) is 16.6. The van der Waals surface area contributed by atoms with E-state index in [4.69, 9.17) is 0 Å². The van der Waals surface area contributed by atoms with Crippen molar-refractivity contribution in [2.75, 3.05) is 5.32 Å². The van der Waals surface area contributed by atoms with Crippen LogP contribution in [0, 0.1) is 13.8 Å². The fraction of sp³-hybridized carbons (Fsp3) is 0.125. The molecule has 0 aliphatic carbocycles. The number of hydrogen-bond acceptors (Lipinski definition) is 2. The molecular weight excluding hydrogens is 316 g/mol. The lowest BCUT2D eigenvalue weighted by atomic mass is 10.1. The van der Waals surface area contributed by atoms with Crippen LogP contribution in [0.2, 0.25) is 0 Å². The summed E-state index contributed by atoms with van der Waals surface area (Å²) in [7, 11) is 0. The molecule has 0 atom stereocenters. The summed E-state index contributed by atoms with van der Waals surface area (Å²) < 4.78 is 1.04. The van der Waals surface area contributed by atoms with E-state index in [1.165, 1.54) is 0 Å². The van der Waals surface area contributed by atoms with Gasteiger partial charge in [0.15, 0.2) is 0 Å². The molecule has 1 aliphatic heterocycles. The number of aryl methyl sites for hydroxylation is 2. The molecule has 1 N–H and O–H groups in total. The van der Waals surface area contributed by atoms with Gasteiger partial charge in [-0.3, -0.25) is 4.79 Å². The van der Waals surface area contributed by atoms with Crippen molar-refractivity contribution >= 4 is 38.9 Å². The number of fused-ring (bicyclic) bond motifs is 1. The summed E-state index contributed by atoms with van der Waals surface area (Å²) in [5.41, 5.74) is 5.14. The molecular formula is C16H13BrN2O. The highest BCUT2D eigenvalue weighted by Crippen LogP contribution is 2.29. The van der Waals surface area contributed by atoms with E-state index in [2.05, 4.69) is 26.2 Å². The maximum atomic E-state index is 12.1. The predicted molar refractivity (Wildman–Crippen MR) is 84.9 cm³/mol. The fourth-order valence-electron chi connectivity index (χ4n) is 2.26. The Hall–Kier alpha value is -1.94. The van der Waals surface area contributed by atoms with Gasteiger partial charge in [0.2, 0.25) is 0 Å². The molecule has 1 amide bonds. The molecule has 0 unspecified atom stereocenters. The Morgan fingerprint density at radius 1 is 1.10 bits per heavy atom. The smallest absolute Gasteiger partial charge is 0.275 e. The molecule has 3 nitrogen and oxygen atoms in total. The average molecular weight is 329 g/mol. The van der Waals surface area contributed by atoms with Gasteiger partial charge in [-0.25, -0.2) is 4.99 Å². The zero-order valence-electron chi connectivity index (χ0n) is 11.2. The second kappa shape index (κ2) is 4.87. The highest BCUT2D eigenvalue weighted by Gasteiger charge is 2.26. The van der Waals surface area contributed by atoms with Crippen molar-refractivity contribution in [3.63, 3.8) is 0 Å². The third-order valence-corrected chi connectivity index (χ3v) is 4.25. The molecule has 1 heterocycles. The second-order valence-corrected chi connectivity index (χ2v) is 5.70. The van der Waals surface area contributed by atoms with Gasteiger partial charge in [0.05, 0.1) is 11.4 Å². The van der Waals surface area contributed by atoms with E-state index in [-0.39, 0.29) is 5.91 Å². The van der Waals surface area contributed by atoms with Crippen LogP contribution in [0.25, 0.3) is 0 Å². The topological polar surface area (TPSA) is 41.5 Å². The number of carbonyl (C=O) groups excluding carboxylic acids is 1. The van der Waals surface area contributed by atoms with E-state index in [1.807, 2.05) is 50.2 Å². The van der Waals surface area contributed by atoms with Crippen molar-refractivity contribution in [2.45, 2.75) is 13.8 Å². The minimum atomic E-state index is -0.144. The lowest BCUT2D eigenvalue weighted by molar-refractivity contribution is -0.110. The predicted octanol–water partition coefficient (Wildman–Crippen LogP) is 4.14. The molecule has 0 aromatic heterocycles. The highest BCUT2D eigenvalue weighted by atomic mass is 79.9.